The second kappa shape index (κ2) is 48.6. The SMILES string of the molecule is CCCCCCCCC/C=C/C(O)C(COC1OC(CO)C(O)C(O)C1O)NC(=O)CCCCCCCCCCCCCCCCCCCCCCCCCCCCCCCCCCCCC. The fourth-order valence-corrected chi connectivity index (χ4v) is 9.69. The van der Waals surface area contributed by atoms with Crippen molar-refractivity contribution in [3.63, 3.8) is 0 Å². The fraction of sp³-hybridized carbons (Fsp3) is 0.948. The van der Waals surface area contributed by atoms with E-state index < -0.39 is 49.5 Å². The van der Waals surface area contributed by atoms with E-state index in [0.29, 0.717) is 6.42 Å². The van der Waals surface area contributed by atoms with E-state index in [2.05, 4.69) is 19.2 Å². The van der Waals surface area contributed by atoms with Gasteiger partial charge in [0.2, 0.25) is 5.91 Å². The molecule has 0 radical (unpaired) electrons. The smallest absolute Gasteiger partial charge is 0.220 e. The molecule has 398 valence electrons. The molecule has 0 aromatic heterocycles. The van der Waals surface area contributed by atoms with Crippen LogP contribution in [-0.2, 0) is 14.3 Å². The first-order chi connectivity index (χ1) is 32.8. The zero-order chi connectivity index (χ0) is 48.7. The third kappa shape index (κ3) is 38.3. The van der Waals surface area contributed by atoms with Crippen molar-refractivity contribution in [1.29, 1.82) is 0 Å². The van der Waals surface area contributed by atoms with Crippen LogP contribution in [0.1, 0.15) is 296 Å². The van der Waals surface area contributed by atoms with Gasteiger partial charge >= 0.3 is 0 Å². The third-order valence-electron chi connectivity index (χ3n) is 14.4. The van der Waals surface area contributed by atoms with Gasteiger partial charge in [0.25, 0.3) is 0 Å². The number of hydrogen-bond acceptors (Lipinski definition) is 8. The molecule has 0 aliphatic carbocycles. The Bertz CT molecular complexity index is 1060. The average Bonchev–Trinajstić information content (AvgIpc) is 3.33. The Balaban J connectivity index is 2.01. The maximum atomic E-state index is 13.0. The van der Waals surface area contributed by atoms with Crippen molar-refractivity contribution < 1.29 is 39.8 Å². The van der Waals surface area contributed by atoms with Gasteiger partial charge in [0.15, 0.2) is 6.29 Å². The van der Waals surface area contributed by atoms with Crippen LogP contribution in [0.25, 0.3) is 0 Å². The number of unbranched alkanes of at least 4 members (excludes halogenated alkanes) is 41. The molecule has 67 heavy (non-hydrogen) atoms. The van der Waals surface area contributed by atoms with Gasteiger partial charge in [-0.05, 0) is 19.3 Å². The molecule has 6 N–H and O–H groups in total. The average molecular weight is 953 g/mol. The van der Waals surface area contributed by atoms with Crippen molar-refractivity contribution in [1.82, 2.24) is 5.32 Å². The van der Waals surface area contributed by atoms with Crippen LogP contribution in [0.5, 0.6) is 0 Å². The summed E-state index contributed by atoms with van der Waals surface area (Å²) in [6.45, 7) is 3.77. The van der Waals surface area contributed by atoms with Crippen LogP contribution in [0, 0.1) is 0 Å². The van der Waals surface area contributed by atoms with E-state index in [9.17, 15) is 30.3 Å². The number of carbonyl (C=O) groups excluding carboxylic acids is 1. The van der Waals surface area contributed by atoms with Gasteiger partial charge in [-0.15, -0.1) is 0 Å². The van der Waals surface area contributed by atoms with Gasteiger partial charge in [-0.3, -0.25) is 4.79 Å². The van der Waals surface area contributed by atoms with Crippen LogP contribution in [0.15, 0.2) is 12.2 Å². The number of aliphatic hydroxyl groups excluding tert-OH is 5. The number of carbonyl (C=O) groups is 1. The molecule has 1 aliphatic heterocycles. The molecule has 9 nitrogen and oxygen atoms in total. The zero-order valence-corrected chi connectivity index (χ0v) is 44.2. The Morgan fingerprint density at radius 2 is 0.821 bits per heavy atom. The van der Waals surface area contributed by atoms with Gasteiger partial charge in [-0.1, -0.05) is 283 Å². The van der Waals surface area contributed by atoms with Gasteiger partial charge in [0.05, 0.1) is 25.4 Å². The summed E-state index contributed by atoms with van der Waals surface area (Å²) in [4.78, 5) is 13.0. The van der Waals surface area contributed by atoms with E-state index >= 15 is 0 Å². The molecule has 7 unspecified atom stereocenters. The number of nitrogens with one attached hydrogen (secondary N) is 1. The maximum Gasteiger partial charge on any atom is 0.220 e. The molecular weight excluding hydrogens is 839 g/mol. The molecule has 1 heterocycles. The minimum Gasteiger partial charge on any atom is -0.394 e. The fourth-order valence-electron chi connectivity index (χ4n) is 9.69. The first-order valence-electron chi connectivity index (χ1n) is 29.4. The summed E-state index contributed by atoms with van der Waals surface area (Å²) in [5.41, 5.74) is 0. The van der Waals surface area contributed by atoms with E-state index in [1.54, 1.807) is 6.08 Å². The predicted molar refractivity (Wildman–Crippen MR) is 281 cm³/mol. The molecule has 1 fully saturated rings. The minimum atomic E-state index is -1.56. The van der Waals surface area contributed by atoms with Gasteiger partial charge in [-0.2, -0.15) is 0 Å². The topological polar surface area (TPSA) is 149 Å². The Morgan fingerprint density at radius 3 is 1.16 bits per heavy atom. The molecule has 7 atom stereocenters. The van der Waals surface area contributed by atoms with Gasteiger partial charge in [-0.25, -0.2) is 0 Å². The molecule has 1 amide bonds. The Hall–Kier alpha value is -1.07. The molecule has 0 bridgehead atoms. The Labute approximate surface area is 414 Å². The first-order valence-corrected chi connectivity index (χ1v) is 29.4. The summed E-state index contributed by atoms with van der Waals surface area (Å²) in [5.74, 6) is -0.173. The monoisotopic (exact) mass is 952 g/mol. The number of ether oxygens (including phenoxy) is 2. The third-order valence-corrected chi connectivity index (χ3v) is 14.4. The maximum absolute atomic E-state index is 13.0. The molecule has 0 spiro atoms. The van der Waals surface area contributed by atoms with Crippen molar-refractivity contribution in [3.05, 3.63) is 12.2 Å². The van der Waals surface area contributed by atoms with Crippen molar-refractivity contribution >= 4 is 5.91 Å². The predicted octanol–water partition coefficient (Wildman–Crippen LogP) is 14.4. The summed E-state index contributed by atoms with van der Waals surface area (Å²) in [6.07, 6.45) is 53.3. The van der Waals surface area contributed by atoms with Crippen molar-refractivity contribution in [2.75, 3.05) is 13.2 Å². The van der Waals surface area contributed by atoms with E-state index in [1.165, 1.54) is 238 Å². The highest BCUT2D eigenvalue weighted by molar-refractivity contribution is 5.76. The molecule has 1 aliphatic rings. The molecule has 0 saturated carbocycles. The van der Waals surface area contributed by atoms with Crippen LogP contribution in [0.4, 0.5) is 0 Å². The summed E-state index contributed by atoms with van der Waals surface area (Å²) in [7, 11) is 0. The lowest BCUT2D eigenvalue weighted by Crippen LogP contribution is -2.60. The van der Waals surface area contributed by atoms with E-state index in [0.717, 1.165) is 38.5 Å². The normalized spacial score (nSPS) is 19.7. The van der Waals surface area contributed by atoms with E-state index in [4.69, 9.17) is 9.47 Å². The number of aliphatic hydroxyl groups is 5. The summed E-state index contributed by atoms with van der Waals surface area (Å²) < 4.78 is 11.2. The number of hydrogen-bond donors (Lipinski definition) is 6. The van der Waals surface area contributed by atoms with Gasteiger partial charge in [0, 0.05) is 6.42 Å². The number of rotatable bonds is 51. The molecule has 1 saturated heterocycles. The second-order valence-electron chi connectivity index (χ2n) is 20.8. The Kier molecular flexibility index (Phi) is 46.3. The van der Waals surface area contributed by atoms with Crippen LogP contribution in [0.3, 0.4) is 0 Å². The lowest BCUT2D eigenvalue weighted by Gasteiger charge is -2.40. The molecule has 9 heteroatoms. The second-order valence-corrected chi connectivity index (χ2v) is 20.8. The summed E-state index contributed by atoms with van der Waals surface area (Å²) >= 11 is 0. The van der Waals surface area contributed by atoms with Crippen LogP contribution >= 0.6 is 0 Å². The zero-order valence-electron chi connectivity index (χ0n) is 44.2. The summed E-state index contributed by atoms with van der Waals surface area (Å²) in [5, 5.41) is 54.2. The number of allylic oxidation sites excluding steroid dienone is 1. The lowest BCUT2D eigenvalue weighted by atomic mass is 9.99. The van der Waals surface area contributed by atoms with Crippen LogP contribution in [-0.4, -0.2) is 87.5 Å². The van der Waals surface area contributed by atoms with Gasteiger partial charge in [0.1, 0.15) is 24.4 Å². The molecule has 1 rings (SSSR count). The highest BCUT2D eigenvalue weighted by Crippen LogP contribution is 2.23. The molecule has 0 aromatic rings. The van der Waals surface area contributed by atoms with Crippen LogP contribution < -0.4 is 5.32 Å². The van der Waals surface area contributed by atoms with Crippen molar-refractivity contribution in [3.8, 4) is 0 Å². The number of amides is 1. The van der Waals surface area contributed by atoms with Gasteiger partial charge < -0.3 is 40.3 Å². The van der Waals surface area contributed by atoms with Crippen molar-refractivity contribution in [2.45, 2.75) is 339 Å². The summed E-state index contributed by atoms with van der Waals surface area (Å²) in [6, 6.07) is -0.798. The minimum absolute atomic E-state index is 0.173. The highest BCUT2D eigenvalue weighted by Gasteiger charge is 2.44. The lowest BCUT2D eigenvalue weighted by molar-refractivity contribution is -0.302. The largest absolute Gasteiger partial charge is 0.394 e. The quantitative estimate of drug-likeness (QED) is 0.0261. The first kappa shape index (κ1) is 63.9. The van der Waals surface area contributed by atoms with Crippen LogP contribution in [0.2, 0.25) is 0 Å². The molecular formula is C58H113NO8. The Morgan fingerprint density at radius 1 is 0.493 bits per heavy atom. The van der Waals surface area contributed by atoms with E-state index in [1.807, 2.05) is 6.08 Å². The van der Waals surface area contributed by atoms with E-state index in [-0.39, 0.29) is 12.5 Å². The highest BCUT2D eigenvalue weighted by atomic mass is 16.7. The van der Waals surface area contributed by atoms with Crippen molar-refractivity contribution in [2.24, 2.45) is 0 Å². The molecule has 0 aromatic carbocycles. The standard InChI is InChI=1S/C58H113NO8/c1-3-5-7-9-11-13-14-15-16-17-18-19-20-21-22-23-24-25-26-27-28-29-30-31-32-33-34-35-36-37-38-40-42-44-46-48-54(62)59-51(52(61)47-45-43-41-39-12-10-8-6-4-2)50-66-58-57(65)56(64)55(63)53(49-60)67-58/h45,47,51-53,55-58,60-61,63-65H,3-44,46,48-50H2,1-2H3,(H,59,62)/b47-45+.